The average Bonchev–Trinajstić information content (AvgIpc) is 2.91. The highest BCUT2D eigenvalue weighted by atomic mass is 14.3. The molecule has 3 aliphatic rings. The van der Waals surface area contributed by atoms with Crippen LogP contribution in [0.1, 0.15) is 24.8 Å². The lowest BCUT2D eigenvalue weighted by atomic mass is 9.79. The maximum atomic E-state index is 2.48. The van der Waals surface area contributed by atoms with Gasteiger partial charge in [-0.1, -0.05) is 109 Å². The van der Waals surface area contributed by atoms with Crippen LogP contribution in [0.4, 0.5) is 0 Å². The molecule has 162 valence electrons. The summed E-state index contributed by atoms with van der Waals surface area (Å²) in [6, 6.07) is 24.7. The van der Waals surface area contributed by atoms with E-state index in [2.05, 4.69) is 115 Å². The van der Waals surface area contributed by atoms with Crippen LogP contribution in [0.15, 0.2) is 109 Å². The van der Waals surface area contributed by atoms with Crippen LogP contribution in [0.25, 0.3) is 50.4 Å². The zero-order valence-corrected chi connectivity index (χ0v) is 19.2. The molecule has 0 radical (unpaired) electrons. The molecule has 0 fully saturated rings. The highest BCUT2D eigenvalue weighted by Gasteiger charge is 2.22. The SMILES string of the molecule is C1=CC2=CC=C(c3c4c(c(-c5ccc6ccccc6c5)c5ccccc35)=CCCC=4)CC2C=C1. The van der Waals surface area contributed by atoms with Crippen molar-refractivity contribution in [2.45, 2.75) is 19.3 Å². The first kappa shape index (κ1) is 19.6. The first-order valence-electron chi connectivity index (χ1n) is 12.4. The molecule has 0 heterocycles. The van der Waals surface area contributed by atoms with Crippen LogP contribution in [-0.2, 0) is 0 Å². The molecule has 4 aromatic rings. The minimum atomic E-state index is 0.479. The third-order valence-corrected chi connectivity index (χ3v) is 7.61. The van der Waals surface area contributed by atoms with Crippen LogP contribution in [0.2, 0.25) is 0 Å². The second kappa shape index (κ2) is 7.85. The Morgan fingerprint density at radius 2 is 1.38 bits per heavy atom. The number of rotatable bonds is 2. The lowest BCUT2D eigenvalue weighted by Crippen LogP contribution is -2.33. The molecular formula is C34H26. The fourth-order valence-corrected chi connectivity index (χ4v) is 6.01. The summed E-state index contributed by atoms with van der Waals surface area (Å²) in [5, 5.41) is 8.14. The van der Waals surface area contributed by atoms with Gasteiger partial charge in [0.25, 0.3) is 0 Å². The zero-order valence-electron chi connectivity index (χ0n) is 19.2. The second-order valence-corrected chi connectivity index (χ2v) is 9.58. The van der Waals surface area contributed by atoms with E-state index in [1.807, 2.05) is 0 Å². The number of fused-ring (bicyclic) bond motifs is 4. The van der Waals surface area contributed by atoms with Gasteiger partial charge >= 0.3 is 0 Å². The van der Waals surface area contributed by atoms with E-state index in [1.165, 1.54) is 59.8 Å². The number of benzene rings is 4. The van der Waals surface area contributed by atoms with Crippen molar-refractivity contribution < 1.29 is 0 Å². The predicted molar refractivity (Wildman–Crippen MR) is 147 cm³/mol. The van der Waals surface area contributed by atoms with Gasteiger partial charge in [0.1, 0.15) is 0 Å². The minimum absolute atomic E-state index is 0.479. The standard InChI is InChI=1S/C34H26/c1-3-11-25-21-27(19-17-23(25)9-1)33-29-13-5-7-15-31(29)34(32-16-8-6-14-30(32)33)28-20-18-24-10-2-4-12-26(24)22-28/h1-5,7,9-21,26H,6,8,22H2. The highest BCUT2D eigenvalue weighted by Crippen LogP contribution is 2.37. The summed E-state index contributed by atoms with van der Waals surface area (Å²) in [4.78, 5) is 0. The summed E-state index contributed by atoms with van der Waals surface area (Å²) < 4.78 is 0. The van der Waals surface area contributed by atoms with Crippen molar-refractivity contribution in [1.29, 1.82) is 0 Å². The summed E-state index contributed by atoms with van der Waals surface area (Å²) >= 11 is 0. The molecule has 0 amide bonds. The van der Waals surface area contributed by atoms with Crippen LogP contribution in [0.3, 0.4) is 0 Å². The van der Waals surface area contributed by atoms with Crippen molar-refractivity contribution in [2.24, 2.45) is 5.92 Å². The van der Waals surface area contributed by atoms with Crippen molar-refractivity contribution in [3.8, 4) is 11.1 Å². The lowest BCUT2D eigenvalue weighted by molar-refractivity contribution is 0.793. The van der Waals surface area contributed by atoms with E-state index in [0.29, 0.717) is 5.92 Å². The molecule has 1 atom stereocenters. The Bertz CT molecular complexity index is 1720. The van der Waals surface area contributed by atoms with Crippen LogP contribution in [0, 0.1) is 5.92 Å². The van der Waals surface area contributed by atoms with Gasteiger partial charge in [0.15, 0.2) is 0 Å². The van der Waals surface area contributed by atoms with Gasteiger partial charge < -0.3 is 0 Å². The van der Waals surface area contributed by atoms with Gasteiger partial charge in [-0.3, -0.25) is 0 Å². The Hall–Kier alpha value is -3.90. The molecule has 0 N–H and O–H groups in total. The average molecular weight is 435 g/mol. The monoisotopic (exact) mass is 434 g/mol. The molecule has 0 saturated carbocycles. The van der Waals surface area contributed by atoms with E-state index < -0.39 is 0 Å². The number of allylic oxidation sites excluding steroid dienone is 8. The molecule has 4 aromatic carbocycles. The molecule has 0 heteroatoms. The molecule has 0 nitrogen and oxygen atoms in total. The van der Waals surface area contributed by atoms with Gasteiger partial charge in [-0.15, -0.1) is 0 Å². The first-order valence-corrected chi connectivity index (χ1v) is 12.4. The molecule has 3 aliphatic carbocycles. The highest BCUT2D eigenvalue weighted by molar-refractivity contribution is 6.05. The molecule has 0 aliphatic heterocycles. The molecule has 0 aromatic heterocycles. The molecule has 1 unspecified atom stereocenters. The molecule has 0 bridgehead atoms. The van der Waals surface area contributed by atoms with Crippen LogP contribution < -0.4 is 10.4 Å². The van der Waals surface area contributed by atoms with E-state index in [4.69, 9.17) is 0 Å². The Morgan fingerprint density at radius 1 is 0.647 bits per heavy atom. The van der Waals surface area contributed by atoms with E-state index >= 15 is 0 Å². The predicted octanol–water partition coefficient (Wildman–Crippen LogP) is 7.47. The Morgan fingerprint density at radius 3 is 2.24 bits per heavy atom. The van der Waals surface area contributed by atoms with E-state index in [-0.39, 0.29) is 0 Å². The molecule has 7 rings (SSSR count). The molecule has 0 saturated heterocycles. The van der Waals surface area contributed by atoms with Gasteiger partial charge in [0, 0.05) is 5.92 Å². The van der Waals surface area contributed by atoms with Gasteiger partial charge in [0.2, 0.25) is 0 Å². The summed E-state index contributed by atoms with van der Waals surface area (Å²) in [7, 11) is 0. The molecular weight excluding hydrogens is 408 g/mol. The van der Waals surface area contributed by atoms with Crippen molar-refractivity contribution in [2.75, 3.05) is 0 Å². The lowest BCUT2D eigenvalue weighted by Gasteiger charge is -2.25. The normalized spacial score (nSPS) is 18.5. The van der Waals surface area contributed by atoms with E-state index in [9.17, 15) is 0 Å². The van der Waals surface area contributed by atoms with Gasteiger partial charge in [-0.2, -0.15) is 0 Å². The van der Waals surface area contributed by atoms with Crippen LogP contribution in [0.5, 0.6) is 0 Å². The zero-order chi connectivity index (χ0) is 22.5. The maximum absolute atomic E-state index is 2.48. The molecule has 0 spiro atoms. The van der Waals surface area contributed by atoms with Gasteiger partial charge in [-0.25, -0.2) is 0 Å². The summed E-state index contributed by atoms with van der Waals surface area (Å²) in [6.07, 6.45) is 21.9. The topological polar surface area (TPSA) is 0 Å². The Kier molecular flexibility index (Phi) is 4.52. The van der Waals surface area contributed by atoms with Crippen molar-refractivity contribution in [3.05, 3.63) is 125 Å². The quantitative estimate of drug-likeness (QED) is 0.307. The molecule has 34 heavy (non-hydrogen) atoms. The maximum Gasteiger partial charge on any atom is 0.00617 e. The Labute approximate surface area is 200 Å². The minimum Gasteiger partial charge on any atom is -0.0767 e. The van der Waals surface area contributed by atoms with Gasteiger partial charge in [0.05, 0.1) is 0 Å². The fourth-order valence-electron chi connectivity index (χ4n) is 6.01. The van der Waals surface area contributed by atoms with E-state index in [1.54, 1.807) is 0 Å². The fraction of sp³-hybridized carbons (Fsp3) is 0.118. The van der Waals surface area contributed by atoms with Crippen molar-refractivity contribution in [3.63, 3.8) is 0 Å². The largest absolute Gasteiger partial charge is 0.0767 e. The summed E-state index contributed by atoms with van der Waals surface area (Å²) in [5.41, 5.74) is 7.00. The van der Waals surface area contributed by atoms with Crippen molar-refractivity contribution >= 4 is 39.3 Å². The van der Waals surface area contributed by atoms with Crippen LogP contribution >= 0.6 is 0 Å². The first-order chi connectivity index (χ1) is 16.9. The number of hydrogen-bond donors (Lipinski definition) is 0. The summed E-state index contributed by atoms with van der Waals surface area (Å²) in [5.74, 6) is 0.479. The smallest absolute Gasteiger partial charge is 0.00617 e. The van der Waals surface area contributed by atoms with Crippen LogP contribution in [-0.4, -0.2) is 0 Å². The summed E-state index contributed by atoms with van der Waals surface area (Å²) in [6.45, 7) is 0. The third kappa shape index (κ3) is 3.06. The van der Waals surface area contributed by atoms with E-state index in [0.717, 1.165) is 19.3 Å². The van der Waals surface area contributed by atoms with Crippen molar-refractivity contribution in [1.82, 2.24) is 0 Å². The second-order valence-electron chi connectivity index (χ2n) is 9.58. The third-order valence-electron chi connectivity index (χ3n) is 7.61. The van der Waals surface area contributed by atoms with Gasteiger partial charge in [-0.05, 0) is 85.1 Å². The number of hydrogen-bond acceptors (Lipinski definition) is 0. The Balaban J connectivity index is 1.55.